The molecular weight excluding hydrogens is 211 g/mol. The van der Waals surface area contributed by atoms with Crippen LogP contribution in [0.5, 0.6) is 0 Å². The number of hydrogen-bond acceptors (Lipinski definition) is 0. The molecule has 0 aliphatic heterocycles. The fourth-order valence-electron chi connectivity index (χ4n) is 1.12. The second kappa shape index (κ2) is 4.13. The molecule has 0 radical (unpaired) electrons. The fraction of sp³-hybridized carbons (Fsp3) is 0.400. The van der Waals surface area contributed by atoms with Gasteiger partial charge in [-0.15, -0.1) is 0 Å². The summed E-state index contributed by atoms with van der Waals surface area (Å²) in [6.45, 7) is 2.25. The van der Waals surface area contributed by atoms with Crippen LogP contribution in [0.4, 0.5) is 0 Å². The Morgan fingerprint density at radius 2 is 2.25 bits per heavy atom. The summed E-state index contributed by atoms with van der Waals surface area (Å²) in [5.41, 5.74) is 1.59. The lowest BCUT2D eigenvalue weighted by Crippen LogP contribution is -2.07. The largest absolute Gasteiger partial charge is 0.102 e. The van der Waals surface area contributed by atoms with Gasteiger partial charge < -0.3 is 0 Å². The quantitative estimate of drug-likeness (QED) is 0.500. The first kappa shape index (κ1) is 9.85. The SMILES string of the molecule is BCC1(C)C=CC=C(CBr)C=C1. The van der Waals surface area contributed by atoms with Crippen LogP contribution in [0.2, 0.25) is 6.32 Å². The first-order valence-electron chi connectivity index (χ1n) is 4.34. The lowest BCUT2D eigenvalue weighted by Gasteiger charge is -2.18. The highest BCUT2D eigenvalue weighted by atomic mass is 79.9. The first-order valence-corrected chi connectivity index (χ1v) is 5.46. The van der Waals surface area contributed by atoms with E-state index < -0.39 is 0 Å². The fourth-order valence-corrected chi connectivity index (χ4v) is 1.50. The molecule has 1 aliphatic carbocycles. The second-order valence-corrected chi connectivity index (χ2v) is 3.99. The molecule has 1 rings (SSSR count). The number of hydrogen-bond donors (Lipinski definition) is 0. The summed E-state index contributed by atoms with van der Waals surface area (Å²) in [6, 6.07) is 0. The van der Waals surface area contributed by atoms with Crippen molar-refractivity contribution >= 4 is 23.8 Å². The van der Waals surface area contributed by atoms with Crippen LogP contribution in [0.3, 0.4) is 0 Å². The average Bonchev–Trinajstić information content (AvgIpc) is 2.28. The van der Waals surface area contributed by atoms with Crippen molar-refractivity contribution in [3.05, 3.63) is 36.0 Å². The maximum atomic E-state index is 3.45. The molecule has 0 bridgehead atoms. The van der Waals surface area contributed by atoms with Crippen LogP contribution in [0, 0.1) is 5.41 Å². The number of halogens is 1. The zero-order valence-electron chi connectivity index (χ0n) is 7.68. The van der Waals surface area contributed by atoms with Crippen LogP contribution < -0.4 is 0 Å². The maximum absolute atomic E-state index is 3.45. The van der Waals surface area contributed by atoms with Crippen LogP contribution in [-0.2, 0) is 0 Å². The highest BCUT2D eigenvalue weighted by molar-refractivity contribution is 9.09. The summed E-state index contributed by atoms with van der Waals surface area (Å²) < 4.78 is 0. The third kappa shape index (κ3) is 2.38. The molecular formula is C10H14BBr. The Kier molecular flexibility index (Phi) is 3.39. The standard InChI is InChI=1S/C10H14BBr/c1-10(8-11)5-2-3-9(7-12)4-6-10/h2-6H,7-8,11H2,1H3. The lowest BCUT2D eigenvalue weighted by atomic mass is 9.77. The number of alkyl halides is 1. The zero-order chi connectivity index (χ0) is 9.03. The molecule has 0 aromatic heterocycles. The van der Waals surface area contributed by atoms with Gasteiger partial charge in [0.2, 0.25) is 0 Å². The zero-order valence-corrected chi connectivity index (χ0v) is 9.26. The van der Waals surface area contributed by atoms with Gasteiger partial charge in [-0.25, -0.2) is 0 Å². The number of allylic oxidation sites excluding steroid dienone is 6. The predicted molar refractivity (Wildman–Crippen MR) is 61.6 cm³/mol. The van der Waals surface area contributed by atoms with Gasteiger partial charge in [-0.2, -0.15) is 0 Å². The van der Waals surface area contributed by atoms with Gasteiger partial charge in [-0.3, -0.25) is 0 Å². The summed E-state index contributed by atoms with van der Waals surface area (Å²) in [4.78, 5) is 0. The molecule has 0 aromatic rings. The van der Waals surface area contributed by atoms with Gasteiger partial charge in [0, 0.05) is 5.33 Å². The molecule has 0 saturated carbocycles. The topological polar surface area (TPSA) is 0 Å². The molecule has 0 saturated heterocycles. The van der Waals surface area contributed by atoms with E-state index >= 15 is 0 Å². The van der Waals surface area contributed by atoms with Crippen molar-refractivity contribution in [2.24, 2.45) is 5.41 Å². The minimum absolute atomic E-state index is 0.250. The third-order valence-electron chi connectivity index (χ3n) is 2.38. The van der Waals surface area contributed by atoms with Crippen molar-refractivity contribution in [1.82, 2.24) is 0 Å². The van der Waals surface area contributed by atoms with Gasteiger partial charge in [0.05, 0.1) is 0 Å². The predicted octanol–water partition coefficient (Wildman–Crippen LogP) is 2.49. The van der Waals surface area contributed by atoms with E-state index in [1.54, 1.807) is 0 Å². The van der Waals surface area contributed by atoms with Crippen molar-refractivity contribution in [2.75, 3.05) is 5.33 Å². The van der Waals surface area contributed by atoms with E-state index in [2.05, 4.69) is 61.1 Å². The van der Waals surface area contributed by atoms with Crippen molar-refractivity contribution < 1.29 is 0 Å². The molecule has 64 valence electrons. The maximum Gasteiger partial charge on any atom is 0.102 e. The van der Waals surface area contributed by atoms with Crippen LogP contribution in [0.15, 0.2) is 36.0 Å². The monoisotopic (exact) mass is 224 g/mol. The summed E-state index contributed by atoms with van der Waals surface area (Å²) in [7, 11) is 2.22. The Hall–Kier alpha value is -0.235. The van der Waals surface area contributed by atoms with E-state index in [0.717, 1.165) is 11.7 Å². The van der Waals surface area contributed by atoms with Crippen LogP contribution >= 0.6 is 15.9 Å². The van der Waals surface area contributed by atoms with E-state index in [1.807, 2.05) is 0 Å². The summed E-state index contributed by atoms with van der Waals surface area (Å²) in [5, 5.41) is 0.938. The molecule has 1 unspecified atom stereocenters. The molecule has 1 aliphatic rings. The molecule has 2 heteroatoms. The minimum atomic E-state index is 0.250. The molecule has 0 amide bonds. The molecule has 12 heavy (non-hydrogen) atoms. The van der Waals surface area contributed by atoms with Gasteiger partial charge in [-0.1, -0.05) is 59.6 Å². The van der Waals surface area contributed by atoms with Crippen molar-refractivity contribution in [3.63, 3.8) is 0 Å². The number of rotatable bonds is 2. The molecule has 1 atom stereocenters. The summed E-state index contributed by atoms with van der Waals surface area (Å²) in [6.07, 6.45) is 12.2. The Bertz CT molecular complexity index is 240. The highest BCUT2D eigenvalue weighted by Gasteiger charge is 2.14. The Morgan fingerprint density at radius 1 is 1.50 bits per heavy atom. The third-order valence-corrected chi connectivity index (χ3v) is 3.03. The van der Waals surface area contributed by atoms with Crippen molar-refractivity contribution in [1.29, 1.82) is 0 Å². The molecule has 0 heterocycles. The van der Waals surface area contributed by atoms with Crippen LogP contribution in [-0.4, -0.2) is 13.2 Å². The summed E-state index contributed by atoms with van der Waals surface area (Å²) >= 11 is 3.45. The molecule has 0 N–H and O–H groups in total. The van der Waals surface area contributed by atoms with Crippen molar-refractivity contribution in [2.45, 2.75) is 13.2 Å². The van der Waals surface area contributed by atoms with Crippen LogP contribution in [0.1, 0.15) is 6.92 Å². The van der Waals surface area contributed by atoms with Gasteiger partial charge in [0.1, 0.15) is 7.85 Å². The Morgan fingerprint density at radius 3 is 2.83 bits per heavy atom. The van der Waals surface area contributed by atoms with Gasteiger partial charge in [0.25, 0.3) is 0 Å². The van der Waals surface area contributed by atoms with Crippen LogP contribution in [0.25, 0.3) is 0 Å². The molecule has 0 spiro atoms. The normalized spacial score (nSPS) is 28.3. The van der Waals surface area contributed by atoms with E-state index in [9.17, 15) is 0 Å². The minimum Gasteiger partial charge on any atom is -0.0876 e. The van der Waals surface area contributed by atoms with E-state index in [-0.39, 0.29) is 5.41 Å². The smallest absolute Gasteiger partial charge is 0.0876 e. The van der Waals surface area contributed by atoms with Gasteiger partial charge >= 0.3 is 0 Å². The lowest BCUT2D eigenvalue weighted by molar-refractivity contribution is 0.626. The van der Waals surface area contributed by atoms with Crippen molar-refractivity contribution in [3.8, 4) is 0 Å². The Labute approximate surface area is 84.0 Å². The highest BCUT2D eigenvalue weighted by Crippen LogP contribution is 2.27. The Balaban J connectivity index is 2.82. The summed E-state index contributed by atoms with van der Waals surface area (Å²) in [5.74, 6) is 0. The molecule has 0 nitrogen and oxygen atoms in total. The molecule has 0 fully saturated rings. The van der Waals surface area contributed by atoms with E-state index in [1.165, 1.54) is 5.57 Å². The second-order valence-electron chi connectivity index (χ2n) is 3.43. The van der Waals surface area contributed by atoms with Gasteiger partial charge in [-0.05, 0) is 11.0 Å². The van der Waals surface area contributed by atoms with E-state index in [4.69, 9.17) is 0 Å². The molecule has 0 aromatic carbocycles. The first-order chi connectivity index (χ1) is 5.70. The average molecular weight is 225 g/mol. The van der Waals surface area contributed by atoms with Gasteiger partial charge in [0.15, 0.2) is 0 Å². The van der Waals surface area contributed by atoms with E-state index in [0.29, 0.717) is 0 Å².